The van der Waals surface area contributed by atoms with Crippen LogP contribution in [0.1, 0.15) is 30.1 Å². The Labute approximate surface area is 152 Å². The molecule has 2 rings (SSSR count). The third kappa shape index (κ3) is 5.74. The predicted octanol–water partition coefficient (Wildman–Crippen LogP) is 3.02. The number of halogens is 1. The molecule has 0 heterocycles. The van der Waals surface area contributed by atoms with Gasteiger partial charge in [0.25, 0.3) is 0 Å². The average molecular weight is 361 g/mol. The number of benzene rings is 2. The second-order valence-electron chi connectivity index (χ2n) is 5.89. The van der Waals surface area contributed by atoms with Crippen molar-refractivity contribution in [1.82, 2.24) is 5.32 Å². The summed E-state index contributed by atoms with van der Waals surface area (Å²) in [5, 5.41) is 13.1. The molecule has 26 heavy (non-hydrogen) atoms. The first-order valence-electron chi connectivity index (χ1n) is 8.44. The highest BCUT2D eigenvalue weighted by Gasteiger charge is 2.15. The Balaban J connectivity index is 1.78. The summed E-state index contributed by atoms with van der Waals surface area (Å²) in [7, 11) is 3.08. The van der Waals surface area contributed by atoms with Gasteiger partial charge in [-0.15, -0.1) is 0 Å². The van der Waals surface area contributed by atoms with Crippen LogP contribution in [0.25, 0.3) is 0 Å². The van der Waals surface area contributed by atoms with Gasteiger partial charge in [-0.25, -0.2) is 4.39 Å². The van der Waals surface area contributed by atoms with Crippen LogP contribution < -0.4 is 14.8 Å². The van der Waals surface area contributed by atoms with E-state index in [0.717, 1.165) is 5.56 Å². The van der Waals surface area contributed by atoms with Gasteiger partial charge in [0, 0.05) is 24.6 Å². The number of carbonyl (C=O) groups is 1. The number of ether oxygens (including phenoxy) is 2. The first-order valence-corrected chi connectivity index (χ1v) is 8.44. The van der Waals surface area contributed by atoms with Crippen molar-refractivity contribution in [2.24, 2.45) is 0 Å². The van der Waals surface area contributed by atoms with Crippen LogP contribution in [-0.2, 0) is 11.2 Å². The molecule has 1 amide bonds. The molecule has 0 aliphatic carbocycles. The maximum absolute atomic E-state index is 12.8. The van der Waals surface area contributed by atoms with E-state index in [1.807, 2.05) is 0 Å². The minimum atomic E-state index is -0.807. The van der Waals surface area contributed by atoms with Crippen LogP contribution in [-0.4, -0.2) is 31.8 Å². The molecule has 0 saturated heterocycles. The van der Waals surface area contributed by atoms with E-state index in [1.165, 1.54) is 19.2 Å². The highest BCUT2D eigenvalue weighted by Crippen LogP contribution is 2.31. The standard InChI is InChI=1S/C20H24FNO4/c1-25-16-7-8-17(19(13-16)26-2)18(23)9-10-20(24)22-12-11-14-3-5-15(21)6-4-14/h3-8,13,18,23H,9-12H2,1-2H3,(H,22,24). The molecule has 2 aromatic carbocycles. The Morgan fingerprint density at radius 1 is 1.15 bits per heavy atom. The van der Waals surface area contributed by atoms with Crippen molar-refractivity contribution >= 4 is 5.91 Å². The number of methoxy groups -OCH3 is 2. The molecule has 2 aromatic rings. The Bertz CT molecular complexity index is 718. The van der Waals surface area contributed by atoms with Gasteiger partial charge in [-0.1, -0.05) is 12.1 Å². The Morgan fingerprint density at radius 2 is 1.88 bits per heavy atom. The summed E-state index contributed by atoms with van der Waals surface area (Å²) >= 11 is 0. The summed E-state index contributed by atoms with van der Waals surface area (Å²) in [6, 6.07) is 11.4. The number of carbonyl (C=O) groups excluding carboxylic acids is 1. The Morgan fingerprint density at radius 3 is 2.54 bits per heavy atom. The van der Waals surface area contributed by atoms with Crippen molar-refractivity contribution < 1.29 is 23.8 Å². The summed E-state index contributed by atoms with van der Waals surface area (Å²) in [5.74, 6) is 0.740. The van der Waals surface area contributed by atoms with Crippen LogP contribution in [0.15, 0.2) is 42.5 Å². The quantitative estimate of drug-likeness (QED) is 0.720. The number of hydrogen-bond donors (Lipinski definition) is 2. The van der Waals surface area contributed by atoms with E-state index in [0.29, 0.717) is 30.0 Å². The largest absolute Gasteiger partial charge is 0.497 e. The number of aliphatic hydroxyl groups is 1. The molecular weight excluding hydrogens is 337 g/mol. The molecule has 5 nitrogen and oxygen atoms in total. The zero-order valence-electron chi connectivity index (χ0n) is 15.0. The van der Waals surface area contributed by atoms with E-state index >= 15 is 0 Å². The minimum Gasteiger partial charge on any atom is -0.497 e. The maximum Gasteiger partial charge on any atom is 0.220 e. The van der Waals surface area contributed by atoms with Crippen molar-refractivity contribution in [3.8, 4) is 11.5 Å². The third-order valence-electron chi connectivity index (χ3n) is 4.09. The molecule has 140 valence electrons. The number of amides is 1. The smallest absolute Gasteiger partial charge is 0.220 e. The summed E-state index contributed by atoms with van der Waals surface area (Å²) in [4.78, 5) is 11.9. The van der Waals surface area contributed by atoms with Crippen molar-refractivity contribution in [1.29, 1.82) is 0 Å². The maximum atomic E-state index is 12.8. The molecule has 1 unspecified atom stereocenters. The molecule has 0 spiro atoms. The highest BCUT2D eigenvalue weighted by molar-refractivity contribution is 5.75. The van der Waals surface area contributed by atoms with Gasteiger partial charge in [0.05, 0.1) is 20.3 Å². The van der Waals surface area contributed by atoms with Crippen molar-refractivity contribution in [3.05, 3.63) is 59.4 Å². The number of aliphatic hydroxyl groups excluding tert-OH is 1. The van der Waals surface area contributed by atoms with E-state index in [9.17, 15) is 14.3 Å². The van der Waals surface area contributed by atoms with Gasteiger partial charge < -0.3 is 19.9 Å². The third-order valence-corrected chi connectivity index (χ3v) is 4.09. The molecule has 1 atom stereocenters. The summed E-state index contributed by atoms with van der Waals surface area (Å²) in [5.41, 5.74) is 1.57. The molecule has 6 heteroatoms. The molecule has 2 N–H and O–H groups in total. The topological polar surface area (TPSA) is 67.8 Å². The molecular formula is C20H24FNO4. The lowest BCUT2D eigenvalue weighted by Crippen LogP contribution is -2.25. The first-order chi connectivity index (χ1) is 12.5. The van der Waals surface area contributed by atoms with E-state index in [1.54, 1.807) is 37.4 Å². The molecule has 0 aliphatic rings. The zero-order valence-corrected chi connectivity index (χ0v) is 15.0. The number of rotatable bonds is 9. The molecule has 0 bridgehead atoms. The Hall–Kier alpha value is -2.60. The van der Waals surface area contributed by atoms with Crippen LogP contribution in [0, 0.1) is 5.82 Å². The summed E-state index contributed by atoms with van der Waals surface area (Å²) in [6.07, 6.45) is 0.296. The second kappa shape index (κ2) is 9.77. The van der Waals surface area contributed by atoms with Crippen LogP contribution in [0.2, 0.25) is 0 Å². The van der Waals surface area contributed by atoms with Gasteiger partial charge in [-0.2, -0.15) is 0 Å². The first kappa shape index (κ1) is 19.7. The van der Waals surface area contributed by atoms with Crippen molar-refractivity contribution in [2.45, 2.75) is 25.4 Å². The lowest BCUT2D eigenvalue weighted by atomic mass is 10.0. The predicted molar refractivity (Wildman–Crippen MR) is 96.9 cm³/mol. The average Bonchev–Trinajstić information content (AvgIpc) is 2.67. The van der Waals surface area contributed by atoms with E-state index < -0.39 is 6.10 Å². The Kier molecular flexibility index (Phi) is 7.41. The van der Waals surface area contributed by atoms with Gasteiger partial charge in [-0.05, 0) is 42.7 Å². The SMILES string of the molecule is COc1ccc(C(O)CCC(=O)NCCc2ccc(F)cc2)c(OC)c1. The number of nitrogens with one attached hydrogen (secondary N) is 1. The fraction of sp³-hybridized carbons (Fsp3) is 0.350. The van der Waals surface area contributed by atoms with Gasteiger partial charge in [0.2, 0.25) is 5.91 Å². The second-order valence-corrected chi connectivity index (χ2v) is 5.89. The van der Waals surface area contributed by atoms with Crippen LogP contribution in [0.5, 0.6) is 11.5 Å². The highest BCUT2D eigenvalue weighted by atomic mass is 19.1. The van der Waals surface area contributed by atoms with Gasteiger partial charge >= 0.3 is 0 Å². The zero-order chi connectivity index (χ0) is 18.9. The molecule has 0 saturated carbocycles. The van der Waals surface area contributed by atoms with E-state index in [-0.39, 0.29) is 24.6 Å². The normalized spacial score (nSPS) is 11.7. The summed E-state index contributed by atoms with van der Waals surface area (Å²) in [6.45, 7) is 0.465. The minimum absolute atomic E-state index is 0.140. The van der Waals surface area contributed by atoms with Crippen LogP contribution in [0.3, 0.4) is 0 Å². The lowest BCUT2D eigenvalue weighted by Gasteiger charge is -2.15. The lowest BCUT2D eigenvalue weighted by molar-refractivity contribution is -0.121. The van der Waals surface area contributed by atoms with Crippen LogP contribution in [0.4, 0.5) is 4.39 Å². The fourth-order valence-electron chi connectivity index (χ4n) is 2.60. The van der Waals surface area contributed by atoms with E-state index in [2.05, 4.69) is 5.32 Å². The molecule has 0 aromatic heterocycles. The number of hydrogen-bond acceptors (Lipinski definition) is 4. The van der Waals surface area contributed by atoms with Crippen LogP contribution >= 0.6 is 0 Å². The van der Waals surface area contributed by atoms with Crippen molar-refractivity contribution in [2.75, 3.05) is 20.8 Å². The molecule has 0 aliphatic heterocycles. The van der Waals surface area contributed by atoms with E-state index in [4.69, 9.17) is 9.47 Å². The van der Waals surface area contributed by atoms with Gasteiger partial charge in [-0.3, -0.25) is 4.79 Å². The van der Waals surface area contributed by atoms with Crippen molar-refractivity contribution in [3.63, 3.8) is 0 Å². The monoisotopic (exact) mass is 361 g/mol. The fourth-order valence-corrected chi connectivity index (χ4v) is 2.60. The van der Waals surface area contributed by atoms with Gasteiger partial charge in [0.15, 0.2) is 0 Å². The molecule has 0 radical (unpaired) electrons. The molecule has 0 fully saturated rings. The summed E-state index contributed by atoms with van der Waals surface area (Å²) < 4.78 is 23.2. The van der Waals surface area contributed by atoms with Gasteiger partial charge in [0.1, 0.15) is 17.3 Å².